The summed E-state index contributed by atoms with van der Waals surface area (Å²) < 4.78 is 10.6. The minimum Gasteiger partial charge on any atom is -1.00 e. The van der Waals surface area contributed by atoms with E-state index in [1.165, 1.54) is 33.9 Å². The third kappa shape index (κ3) is 4.24. The van der Waals surface area contributed by atoms with Crippen LogP contribution in [0, 0.1) is 0 Å². The molecule has 4 heteroatoms. The molecule has 4 rings (SSSR count). The first-order valence-corrected chi connectivity index (χ1v) is 12.8. The van der Waals surface area contributed by atoms with Gasteiger partial charge < -0.3 is 24.8 Å². The van der Waals surface area contributed by atoms with Crippen molar-refractivity contribution in [3.05, 3.63) is 108 Å². The summed E-state index contributed by atoms with van der Waals surface area (Å²) in [6, 6.07) is 30.6. The van der Waals surface area contributed by atoms with Crippen LogP contribution in [0.15, 0.2) is 102 Å². The molecule has 1 aliphatic rings. The number of allylic oxidation sites excluding steroid dienone is 4. The Labute approximate surface area is 196 Å². The molecule has 0 aromatic heterocycles. The van der Waals surface area contributed by atoms with Crippen LogP contribution in [0.3, 0.4) is 0 Å². The molecule has 1 aliphatic carbocycles. The molecule has 0 saturated heterocycles. The van der Waals surface area contributed by atoms with E-state index in [0.29, 0.717) is 0 Å². The van der Waals surface area contributed by atoms with Gasteiger partial charge in [0.05, 0.1) is 0 Å². The first-order valence-electron chi connectivity index (χ1n) is 9.81. The van der Waals surface area contributed by atoms with Crippen LogP contribution in [0.4, 0.5) is 0 Å². The van der Waals surface area contributed by atoms with E-state index in [2.05, 4.69) is 105 Å². The van der Waals surface area contributed by atoms with Gasteiger partial charge in [0.2, 0.25) is 0 Å². The van der Waals surface area contributed by atoms with Crippen LogP contribution in [-0.4, -0.2) is 7.11 Å². The van der Waals surface area contributed by atoms with E-state index in [1.54, 1.807) is 0 Å². The fourth-order valence-electron chi connectivity index (χ4n) is 4.33. The van der Waals surface area contributed by atoms with E-state index in [-0.39, 0.29) is 24.8 Å². The molecule has 0 saturated carbocycles. The van der Waals surface area contributed by atoms with Crippen LogP contribution in [0.1, 0.15) is 25.8 Å². The van der Waals surface area contributed by atoms with Crippen molar-refractivity contribution >= 4 is 17.2 Å². The van der Waals surface area contributed by atoms with E-state index in [4.69, 9.17) is 3.32 Å². The second-order valence-electron chi connectivity index (χ2n) is 7.36. The third-order valence-electron chi connectivity index (χ3n) is 5.95. The van der Waals surface area contributed by atoms with E-state index in [0.717, 1.165) is 6.42 Å². The molecule has 0 bridgehead atoms. The predicted molar refractivity (Wildman–Crippen MR) is 116 cm³/mol. The monoisotopic (exact) mass is 472 g/mol. The second-order valence-corrected chi connectivity index (χ2v) is 12.8. The molecule has 30 heavy (non-hydrogen) atoms. The first kappa shape index (κ1) is 24.7. The Kier molecular flexibility index (Phi) is 8.73. The number of rotatable bonds is 5. The van der Waals surface area contributed by atoms with E-state index < -0.39 is 17.0 Å². The van der Waals surface area contributed by atoms with Crippen molar-refractivity contribution in [2.45, 2.75) is 20.3 Å². The van der Waals surface area contributed by atoms with Gasteiger partial charge in [0, 0.05) is 0 Å². The van der Waals surface area contributed by atoms with Crippen molar-refractivity contribution < 1.29 is 45.1 Å². The number of hydrogen-bond acceptors (Lipinski definition) is 1. The van der Waals surface area contributed by atoms with Gasteiger partial charge >= 0.3 is 173 Å². The SMILES string of the molecule is C[O][Ti+2]([c]1ccccc1)([c]1ccccc1)[c]1ccccc1C1=C(C)C(C)=CC1.[Cl-].[Cl-]. The summed E-state index contributed by atoms with van der Waals surface area (Å²) in [5.41, 5.74) is 5.58. The molecule has 0 fully saturated rings. The summed E-state index contributed by atoms with van der Waals surface area (Å²) in [4.78, 5) is 0. The summed E-state index contributed by atoms with van der Waals surface area (Å²) in [5, 5.41) is 0. The summed E-state index contributed by atoms with van der Waals surface area (Å²) in [6.07, 6.45) is 3.34. The van der Waals surface area contributed by atoms with Crippen LogP contribution in [0.5, 0.6) is 0 Å². The van der Waals surface area contributed by atoms with Crippen molar-refractivity contribution in [2.75, 3.05) is 7.11 Å². The standard InChI is InChI=1S/C13H13.2C6H5.CH3O.2ClH.Ti/c1-10-8-9-13(11(10)2)12-6-4-3-5-7-12;2*1-2-4-6-5-3-1;1-2;;;/h3-6,8H,9H2,1-2H3;2*1-5H;1H3;2*1H;/q;;;-1;;;+3/p-2. The maximum absolute atomic E-state index is 6.61. The predicted octanol–water partition coefficient (Wildman–Crippen LogP) is -1.19. The molecular weight excluding hydrogens is 447 g/mol. The zero-order valence-electron chi connectivity index (χ0n) is 17.5. The van der Waals surface area contributed by atoms with E-state index in [1.807, 2.05) is 7.11 Å². The van der Waals surface area contributed by atoms with Gasteiger partial charge in [0.15, 0.2) is 0 Å². The minimum atomic E-state index is -3.30. The topological polar surface area (TPSA) is 9.23 Å². The molecular formula is C26H26Cl2OTi. The first-order chi connectivity index (χ1) is 13.7. The summed E-state index contributed by atoms with van der Waals surface area (Å²) in [7, 11) is 1.90. The summed E-state index contributed by atoms with van der Waals surface area (Å²) in [6.45, 7) is 4.46. The van der Waals surface area contributed by atoms with Crippen LogP contribution in [0.25, 0.3) is 5.57 Å². The largest absolute Gasteiger partial charge is 1.00 e. The zero-order valence-corrected chi connectivity index (χ0v) is 20.6. The molecule has 3 aromatic carbocycles. The fraction of sp³-hybridized carbons (Fsp3) is 0.154. The smallest absolute Gasteiger partial charge is 1.00 e. The van der Waals surface area contributed by atoms with Crippen molar-refractivity contribution in [3.8, 4) is 0 Å². The maximum Gasteiger partial charge on any atom is -1.00 e. The maximum atomic E-state index is 6.61. The van der Waals surface area contributed by atoms with Crippen molar-refractivity contribution in [3.63, 3.8) is 0 Å². The van der Waals surface area contributed by atoms with E-state index in [9.17, 15) is 0 Å². The third-order valence-corrected chi connectivity index (χ3v) is 12.4. The van der Waals surface area contributed by atoms with Crippen molar-refractivity contribution in [1.82, 2.24) is 0 Å². The second kappa shape index (κ2) is 10.6. The van der Waals surface area contributed by atoms with Gasteiger partial charge in [-0.05, 0) is 0 Å². The Hall–Kier alpha value is -1.61. The molecule has 0 aliphatic heterocycles. The number of benzene rings is 3. The van der Waals surface area contributed by atoms with Gasteiger partial charge in [-0.25, -0.2) is 0 Å². The van der Waals surface area contributed by atoms with Gasteiger partial charge in [-0.1, -0.05) is 0 Å². The Bertz CT molecular complexity index is 1000. The molecule has 1 nitrogen and oxygen atoms in total. The average Bonchev–Trinajstić information content (AvgIpc) is 3.09. The molecule has 0 unspecified atom stereocenters. The van der Waals surface area contributed by atoms with Crippen molar-refractivity contribution in [1.29, 1.82) is 0 Å². The zero-order chi connectivity index (χ0) is 19.6. The van der Waals surface area contributed by atoms with Crippen molar-refractivity contribution in [2.24, 2.45) is 0 Å². The Morgan fingerprint density at radius 3 is 1.67 bits per heavy atom. The number of hydrogen-bond donors (Lipinski definition) is 0. The van der Waals surface area contributed by atoms with Gasteiger partial charge in [-0.2, -0.15) is 0 Å². The normalized spacial score (nSPS) is 12.8. The fourth-order valence-corrected chi connectivity index (χ4v) is 10.4. The van der Waals surface area contributed by atoms with Gasteiger partial charge in [-0.15, -0.1) is 0 Å². The van der Waals surface area contributed by atoms with Gasteiger partial charge in [-0.3, -0.25) is 0 Å². The van der Waals surface area contributed by atoms with E-state index >= 15 is 0 Å². The Balaban J connectivity index is 0.00000160. The molecule has 0 heterocycles. The van der Waals surface area contributed by atoms with Gasteiger partial charge in [0.1, 0.15) is 0 Å². The molecule has 0 spiro atoms. The summed E-state index contributed by atoms with van der Waals surface area (Å²) >= 11 is -3.30. The van der Waals surface area contributed by atoms with Crippen LogP contribution >= 0.6 is 0 Å². The Morgan fingerprint density at radius 1 is 0.700 bits per heavy atom. The average molecular weight is 473 g/mol. The number of halogens is 2. The Morgan fingerprint density at radius 2 is 1.20 bits per heavy atom. The van der Waals surface area contributed by atoms with Crippen LogP contribution < -0.4 is 36.4 Å². The quantitative estimate of drug-likeness (QED) is 0.424. The van der Waals surface area contributed by atoms with Crippen LogP contribution in [0.2, 0.25) is 0 Å². The minimum absolute atomic E-state index is 0. The molecule has 3 aromatic rings. The molecule has 154 valence electrons. The van der Waals surface area contributed by atoms with Gasteiger partial charge in [0.25, 0.3) is 0 Å². The van der Waals surface area contributed by atoms with Crippen LogP contribution in [-0.2, 0) is 20.3 Å². The molecule has 0 amide bonds. The molecule has 0 atom stereocenters. The molecule has 0 radical (unpaired) electrons. The molecule has 0 N–H and O–H groups in total. The summed E-state index contributed by atoms with van der Waals surface area (Å²) in [5.74, 6) is 0.